The van der Waals surface area contributed by atoms with E-state index in [4.69, 9.17) is 4.74 Å². The van der Waals surface area contributed by atoms with E-state index in [9.17, 15) is 4.79 Å². The molecule has 0 saturated heterocycles. The number of ketones is 1. The second-order valence-electron chi connectivity index (χ2n) is 6.06. The van der Waals surface area contributed by atoms with Crippen molar-refractivity contribution in [1.29, 1.82) is 0 Å². The van der Waals surface area contributed by atoms with Gasteiger partial charge in [0.05, 0.1) is 0 Å². The van der Waals surface area contributed by atoms with Crippen LogP contribution in [0.1, 0.15) is 52.0 Å². The second-order valence-corrected chi connectivity index (χ2v) is 6.06. The number of hydrogen-bond donors (Lipinski definition) is 0. The highest BCUT2D eigenvalue weighted by Gasteiger charge is 2.26. The molecule has 2 nitrogen and oxygen atoms in total. The fourth-order valence-corrected chi connectivity index (χ4v) is 2.42. The standard InChI is InChI=1S/C16H22O2/c1-16(2,3)12-8-4-6-10-14(12)18-15-11-7-5-9-13(15)17/h4,6,8,10,15H,5,7,9,11H2,1-3H3. The van der Waals surface area contributed by atoms with Gasteiger partial charge in [0.15, 0.2) is 11.9 Å². The molecule has 0 radical (unpaired) electrons. The lowest BCUT2D eigenvalue weighted by molar-refractivity contribution is -0.127. The topological polar surface area (TPSA) is 26.3 Å². The first kappa shape index (κ1) is 13.1. The molecule has 1 aromatic rings. The third kappa shape index (κ3) is 2.92. The van der Waals surface area contributed by atoms with Crippen molar-refractivity contribution in [1.82, 2.24) is 0 Å². The van der Waals surface area contributed by atoms with Crippen LogP contribution >= 0.6 is 0 Å². The Morgan fingerprint density at radius 1 is 1.17 bits per heavy atom. The van der Waals surface area contributed by atoms with Crippen molar-refractivity contribution >= 4 is 5.78 Å². The lowest BCUT2D eigenvalue weighted by Crippen LogP contribution is -2.31. The SMILES string of the molecule is CC(C)(C)c1ccccc1OC1CCCCC1=O. The van der Waals surface area contributed by atoms with Crippen molar-refractivity contribution in [2.45, 2.75) is 58.0 Å². The summed E-state index contributed by atoms with van der Waals surface area (Å²) in [6.45, 7) is 6.49. The Balaban J connectivity index is 2.21. The van der Waals surface area contributed by atoms with Gasteiger partial charge in [0.1, 0.15) is 5.75 Å². The predicted octanol–water partition coefficient (Wildman–Crippen LogP) is 3.87. The molecular weight excluding hydrogens is 224 g/mol. The molecule has 1 aliphatic carbocycles. The number of hydrogen-bond acceptors (Lipinski definition) is 2. The molecule has 1 fully saturated rings. The van der Waals surface area contributed by atoms with Crippen molar-refractivity contribution in [3.63, 3.8) is 0 Å². The monoisotopic (exact) mass is 246 g/mol. The van der Waals surface area contributed by atoms with Crippen molar-refractivity contribution in [3.8, 4) is 5.75 Å². The van der Waals surface area contributed by atoms with Gasteiger partial charge in [-0.15, -0.1) is 0 Å². The fourth-order valence-electron chi connectivity index (χ4n) is 2.42. The molecule has 1 saturated carbocycles. The van der Waals surface area contributed by atoms with E-state index in [1.807, 2.05) is 18.2 Å². The van der Waals surface area contributed by atoms with E-state index in [2.05, 4.69) is 26.8 Å². The summed E-state index contributed by atoms with van der Waals surface area (Å²) in [7, 11) is 0. The minimum absolute atomic E-state index is 0.0360. The molecule has 0 aliphatic heterocycles. The Kier molecular flexibility index (Phi) is 3.74. The van der Waals surface area contributed by atoms with Crippen molar-refractivity contribution in [2.24, 2.45) is 0 Å². The molecular formula is C16H22O2. The summed E-state index contributed by atoms with van der Waals surface area (Å²) < 4.78 is 5.98. The zero-order valence-corrected chi connectivity index (χ0v) is 11.5. The van der Waals surface area contributed by atoms with Crippen LogP contribution in [0.5, 0.6) is 5.75 Å². The van der Waals surface area contributed by atoms with E-state index >= 15 is 0 Å². The van der Waals surface area contributed by atoms with Crippen LogP contribution in [0.4, 0.5) is 0 Å². The molecule has 18 heavy (non-hydrogen) atoms. The van der Waals surface area contributed by atoms with E-state index < -0.39 is 0 Å². The number of carbonyl (C=O) groups excluding carboxylic acids is 1. The summed E-state index contributed by atoms with van der Waals surface area (Å²) in [5, 5.41) is 0. The largest absolute Gasteiger partial charge is 0.482 e. The number of rotatable bonds is 2. The molecule has 0 heterocycles. The summed E-state index contributed by atoms with van der Waals surface area (Å²) in [5.74, 6) is 1.12. The van der Waals surface area contributed by atoms with Crippen molar-refractivity contribution < 1.29 is 9.53 Å². The van der Waals surface area contributed by atoms with Gasteiger partial charge in [0.2, 0.25) is 0 Å². The predicted molar refractivity (Wildman–Crippen MR) is 73.0 cm³/mol. The van der Waals surface area contributed by atoms with Crippen molar-refractivity contribution in [2.75, 3.05) is 0 Å². The third-order valence-electron chi connectivity index (χ3n) is 3.46. The van der Waals surface area contributed by atoms with Gasteiger partial charge in [-0.05, 0) is 36.3 Å². The van der Waals surface area contributed by atoms with E-state index in [1.165, 1.54) is 5.56 Å². The Labute approximate surface area is 109 Å². The van der Waals surface area contributed by atoms with Gasteiger partial charge >= 0.3 is 0 Å². The summed E-state index contributed by atoms with van der Waals surface area (Å²) in [6.07, 6.45) is 3.40. The summed E-state index contributed by atoms with van der Waals surface area (Å²) in [6, 6.07) is 8.05. The number of ether oxygens (including phenoxy) is 1. The molecule has 0 spiro atoms. The van der Waals surface area contributed by atoms with Crippen LogP contribution in [-0.2, 0) is 10.2 Å². The third-order valence-corrected chi connectivity index (χ3v) is 3.46. The minimum atomic E-state index is -0.234. The molecule has 1 aliphatic rings. The van der Waals surface area contributed by atoms with E-state index in [0.29, 0.717) is 6.42 Å². The Hall–Kier alpha value is -1.31. The maximum Gasteiger partial charge on any atom is 0.173 e. The Morgan fingerprint density at radius 3 is 2.56 bits per heavy atom. The average Bonchev–Trinajstić information content (AvgIpc) is 2.31. The van der Waals surface area contributed by atoms with Crippen LogP contribution in [0.2, 0.25) is 0 Å². The summed E-state index contributed by atoms with van der Waals surface area (Å²) >= 11 is 0. The molecule has 2 heteroatoms. The van der Waals surface area contributed by atoms with Gasteiger partial charge < -0.3 is 4.74 Å². The van der Waals surface area contributed by atoms with Gasteiger partial charge in [-0.2, -0.15) is 0 Å². The summed E-state index contributed by atoms with van der Waals surface area (Å²) in [5.41, 5.74) is 1.21. The highest BCUT2D eigenvalue weighted by atomic mass is 16.5. The molecule has 1 unspecified atom stereocenters. The maximum atomic E-state index is 11.8. The lowest BCUT2D eigenvalue weighted by Gasteiger charge is -2.27. The Bertz CT molecular complexity index is 429. The first-order valence-electron chi connectivity index (χ1n) is 6.77. The zero-order chi connectivity index (χ0) is 13.2. The number of para-hydroxylation sites is 1. The van der Waals surface area contributed by atoms with Crippen molar-refractivity contribution in [3.05, 3.63) is 29.8 Å². The van der Waals surface area contributed by atoms with Crippen LogP contribution < -0.4 is 4.74 Å². The normalized spacial score (nSPS) is 20.8. The average molecular weight is 246 g/mol. The van der Waals surface area contributed by atoms with Crippen LogP contribution in [-0.4, -0.2) is 11.9 Å². The minimum Gasteiger partial charge on any atom is -0.482 e. The molecule has 0 N–H and O–H groups in total. The first-order valence-corrected chi connectivity index (χ1v) is 6.77. The summed E-state index contributed by atoms with van der Waals surface area (Å²) in [4.78, 5) is 11.8. The molecule has 0 bridgehead atoms. The van der Waals surface area contributed by atoms with E-state index in [-0.39, 0.29) is 17.3 Å². The number of benzene rings is 1. The van der Waals surface area contributed by atoms with Gasteiger partial charge in [0.25, 0.3) is 0 Å². The smallest absolute Gasteiger partial charge is 0.173 e. The first-order chi connectivity index (χ1) is 8.48. The highest BCUT2D eigenvalue weighted by molar-refractivity contribution is 5.84. The number of Topliss-reactive ketones (excluding diaryl/α,β-unsaturated/α-hetero) is 1. The number of carbonyl (C=O) groups is 1. The molecule has 0 aromatic heterocycles. The zero-order valence-electron chi connectivity index (χ0n) is 11.5. The van der Waals surface area contributed by atoms with Gasteiger partial charge in [-0.1, -0.05) is 39.0 Å². The highest BCUT2D eigenvalue weighted by Crippen LogP contribution is 2.32. The lowest BCUT2D eigenvalue weighted by atomic mass is 9.86. The maximum absolute atomic E-state index is 11.8. The van der Waals surface area contributed by atoms with Gasteiger partial charge in [-0.3, -0.25) is 4.79 Å². The molecule has 1 aromatic carbocycles. The van der Waals surface area contributed by atoms with Crippen LogP contribution in [0, 0.1) is 0 Å². The molecule has 1 atom stereocenters. The fraction of sp³-hybridized carbons (Fsp3) is 0.562. The molecule has 2 rings (SSSR count). The van der Waals surface area contributed by atoms with E-state index in [0.717, 1.165) is 25.0 Å². The van der Waals surface area contributed by atoms with Crippen LogP contribution in [0.25, 0.3) is 0 Å². The molecule has 98 valence electrons. The van der Waals surface area contributed by atoms with Crippen LogP contribution in [0.15, 0.2) is 24.3 Å². The quantitative estimate of drug-likeness (QED) is 0.791. The van der Waals surface area contributed by atoms with E-state index in [1.54, 1.807) is 0 Å². The Morgan fingerprint density at radius 2 is 1.89 bits per heavy atom. The van der Waals surface area contributed by atoms with Crippen LogP contribution in [0.3, 0.4) is 0 Å². The second kappa shape index (κ2) is 5.13. The van der Waals surface area contributed by atoms with Gasteiger partial charge in [0, 0.05) is 6.42 Å². The molecule has 0 amide bonds. The van der Waals surface area contributed by atoms with Gasteiger partial charge in [-0.25, -0.2) is 0 Å².